The molecule has 0 aromatic heterocycles. The van der Waals surface area contributed by atoms with Gasteiger partial charge in [0.05, 0.1) is 5.92 Å². The highest BCUT2D eigenvalue weighted by Crippen LogP contribution is 2.25. The molecule has 6 nitrogen and oxygen atoms in total. The zero-order chi connectivity index (χ0) is 14.5. The Morgan fingerprint density at radius 3 is 2.65 bits per heavy atom. The maximum atomic E-state index is 12.0. The Bertz CT molecular complexity index is 354. The molecule has 0 aliphatic carbocycles. The number of amides is 2. The summed E-state index contributed by atoms with van der Waals surface area (Å²) in [6.45, 7) is 4.39. The van der Waals surface area contributed by atoms with E-state index in [1.54, 1.807) is 7.11 Å². The van der Waals surface area contributed by atoms with Gasteiger partial charge in [0.15, 0.2) is 0 Å². The molecule has 20 heavy (non-hydrogen) atoms. The molecule has 0 bridgehead atoms. The molecule has 0 radical (unpaired) electrons. The Balaban J connectivity index is 1.76. The van der Waals surface area contributed by atoms with Gasteiger partial charge in [-0.25, -0.2) is 0 Å². The lowest BCUT2D eigenvalue weighted by Crippen LogP contribution is -2.46. The van der Waals surface area contributed by atoms with E-state index in [-0.39, 0.29) is 23.8 Å². The van der Waals surface area contributed by atoms with Crippen molar-refractivity contribution >= 4 is 11.8 Å². The molecule has 0 aromatic carbocycles. The fraction of sp³-hybridized carbons (Fsp3) is 0.857. The lowest BCUT2D eigenvalue weighted by Gasteiger charge is -2.36. The second kappa shape index (κ2) is 7.04. The fourth-order valence-electron chi connectivity index (χ4n) is 3.16. The van der Waals surface area contributed by atoms with Crippen LogP contribution < -0.4 is 5.73 Å². The molecular formula is C14H25N3O3. The van der Waals surface area contributed by atoms with Crippen molar-refractivity contribution in [2.45, 2.75) is 31.7 Å². The average Bonchev–Trinajstić information content (AvgIpc) is 2.82. The van der Waals surface area contributed by atoms with Crippen LogP contribution >= 0.6 is 0 Å². The summed E-state index contributed by atoms with van der Waals surface area (Å²) >= 11 is 0. The van der Waals surface area contributed by atoms with Gasteiger partial charge in [-0.15, -0.1) is 0 Å². The van der Waals surface area contributed by atoms with Gasteiger partial charge in [-0.1, -0.05) is 0 Å². The van der Waals surface area contributed by atoms with E-state index in [0.29, 0.717) is 13.0 Å². The zero-order valence-electron chi connectivity index (χ0n) is 12.2. The number of hydrogen-bond acceptors (Lipinski definition) is 4. The Labute approximate surface area is 120 Å². The van der Waals surface area contributed by atoms with Crippen LogP contribution in [-0.4, -0.2) is 67.6 Å². The molecule has 2 saturated heterocycles. The predicted molar refractivity (Wildman–Crippen MR) is 75.0 cm³/mol. The van der Waals surface area contributed by atoms with Crippen LogP contribution in [0.5, 0.6) is 0 Å². The van der Waals surface area contributed by atoms with Gasteiger partial charge in [-0.05, 0) is 19.3 Å². The van der Waals surface area contributed by atoms with Crippen LogP contribution in [0.1, 0.15) is 25.7 Å². The highest BCUT2D eigenvalue weighted by Gasteiger charge is 2.37. The van der Waals surface area contributed by atoms with E-state index in [4.69, 9.17) is 10.5 Å². The fourth-order valence-corrected chi connectivity index (χ4v) is 3.16. The van der Waals surface area contributed by atoms with E-state index in [0.717, 1.165) is 45.5 Å². The van der Waals surface area contributed by atoms with Crippen LogP contribution in [0.15, 0.2) is 0 Å². The van der Waals surface area contributed by atoms with E-state index >= 15 is 0 Å². The number of rotatable bonds is 6. The minimum Gasteiger partial charge on any atom is -0.385 e. The summed E-state index contributed by atoms with van der Waals surface area (Å²) < 4.78 is 5.06. The molecule has 2 fully saturated rings. The average molecular weight is 283 g/mol. The topological polar surface area (TPSA) is 75.9 Å². The standard InChI is InChI=1S/C14H25N3O3/c1-20-8-2-5-16-6-3-12(4-7-16)17-10-11(14(15)19)9-13(17)18/h11-12H,2-10H2,1H3,(H2,15,19). The Morgan fingerprint density at radius 1 is 1.40 bits per heavy atom. The Kier molecular flexibility index (Phi) is 5.37. The van der Waals surface area contributed by atoms with Gasteiger partial charge in [0.25, 0.3) is 0 Å². The minimum absolute atomic E-state index is 0.0895. The van der Waals surface area contributed by atoms with Crippen LogP contribution in [0.2, 0.25) is 0 Å². The lowest BCUT2D eigenvalue weighted by molar-refractivity contribution is -0.130. The molecule has 0 saturated carbocycles. The van der Waals surface area contributed by atoms with E-state index in [2.05, 4.69) is 4.90 Å². The SMILES string of the molecule is COCCCN1CCC(N2CC(C(N)=O)CC2=O)CC1. The van der Waals surface area contributed by atoms with Crippen molar-refractivity contribution in [3.05, 3.63) is 0 Å². The van der Waals surface area contributed by atoms with Crippen LogP contribution in [0.4, 0.5) is 0 Å². The molecule has 1 atom stereocenters. The van der Waals surface area contributed by atoms with Crippen molar-refractivity contribution in [2.24, 2.45) is 11.7 Å². The van der Waals surface area contributed by atoms with Crippen LogP contribution in [0, 0.1) is 5.92 Å². The number of nitrogens with two attached hydrogens (primary N) is 1. The largest absolute Gasteiger partial charge is 0.385 e. The third kappa shape index (κ3) is 3.70. The first-order valence-electron chi connectivity index (χ1n) is 7.42. The third-order valence-corrected chi connectivity index (χ3v) is 4.38. The molecule has 2 heterocycles. The van der Waals surface area contributed by atoms with E-state index in [1.165, 1.54) is 0 Å². The number of methoxy groups -OCH3 is 1. The third-order valence-electron chi connectivity index (χ3n) is 4.38. The van der Waals surface area contributed by atoms with Crippen molar-refractivity contribution in [1.29, 1.82) is 0 Å². The van der Waals surface area contributed by atoms with Crippen molar-refractivity contribution < 1.29 is 14.3 Å². The van der Waals surface area contributed by atoms with Crippen molar-refractivity contribution in [1.82, 2.24) is 9.80 Å². The van der Waals surface area contributed by atoms with E-state index in [1.807, 2.05) is 4.90 Å². The summed E-state index contributed by atoms with van der Waals surface area (Å²) in [4.78, 5) is 27.5. The molecule has 2 aliphatic heterocycles. The second-order valence-corrected chi connectivity index (χ2v) is 5.77. The maximum Gasteiger partial charge on any atom is 0.223 e. The van der Waals surface area contributed by atoms with Gasteiger partial charge in [-0.2, -0.15) is 0 Å². The Morgan fingerprint density at radius 2 is 2.10 bits per heavy atom. The number of likely N-dealkylation sites (tertiary alicyclic amines) is 2. The first kappa shape index (κ1) is 15.3. The number of carbonyl (C=O) groups is 2. The van der Waals surface area contributed by atoms with Gasteiger partial charge in [0.2, 0.25) is 11.8 Å². The molecule has 0 aromatic rings. The van der Waals surface area contributed by atoms with Crippen LogP contribution in [0.25, 0.3) is 0 Å². The van der Waals surface area contributed by atoms with Crippen LogP contribution in [-0.2, 0) is 14.3 Å². The number of hydrogen-bond donors (Lipinski definition) is 1. The highest BCUT2D eigenvalue weighted by atomic mass is 16.5. The van der Waals surface area contributed by atoms with Crippen molar-refractivity contribution in [3.63, 3.8) is 0 Å². The molecule has 6 heteroatoms. The summed E-state index contributed by atoms with van der Waals surface area (Å²) in [6.07, 6.45) is 3.32. The number of ether oxygens (including phenoxy) is 1. The quantitative estimate of drug-likeness (QED) is 0.686. The van der Waals surface area contributed by atoms with Gasteiger partial charge >= 0.3 is 0 Å². The van der Waals surface area contributed by atoms with Gasteiger partial charge in [0.1, 0.15) is 0 Å². The summed E-state index contributed by atoms with van der Waals surface area (Å²) in [5.74, 6) is -0.549. The molecule has 0 spiro atoms. The maximum absolute atomic E-state index is 12.0. The predicted octanol–water partition coefficient (Wildman–Crippen LogP) is -0.179. The van der Waals surface area contributed by atoms with Gasteiger partial charge in [0, 0.05) is 52.4 Å². The normalized spacial score (nSPS) is 25.4. The first-order chi connectivity index (χ1) is 9.61. The summed E-state index contributed by atoms with van der Waals surface area (Å²) in [5.41, 5.74) is 5.30. The minimum atomic E-state index is -0.349. The van der Waals surface area contributed by atoms with Crippen molar-refractivity contribution in [3.8, 4) is 0 Å². The smallest absolute Gasteiger partial charge is 0.223 e. The van der Waals surface area contributed by atoms with Crippen LogP contribution in [0.3, 0.4) is 0 Å². The Hall–Kier alpha value is -1.14. The van der Waals surface area contributed by atoms with Gasteiger partial charge < -0.3 is 20.3 Å². The number of piperidine rings is 1. The molecule has 114 valence electrons. The summed E-state index contributed by atoms with van der Waals surface area (Å²) in [7, 11) is 1.72. The summed E-state index contributed by atoms with van der Waals surface area (Å²) in [6, 6.07) is 0.283. The molecule has 2 amide bonds. The molecule has 1 unspecified atom stereocenters. The summed E-state index contributed by atoms with van der Waals surface area (Å²) in [5, 5.41) is 0. The first-order valence-corrected chi connectivity index (χ1v) is 7.42. The second-order valence-electron chi connectivity index (χ2n) is 5.77. The number of carbonyl (C=O) groups excluding carboxylic acids is 2. The zero-order valence-corrected chi connectivity index (χ0v) is 12.2. The molecular weight excluding hydrogens is 258 g/mol. The van der Waals surface area contributed by atoms with E-state index in [9.17, 15) is 9.59 Å². The van der Waals surface area contributed by atoms with E-state index < -0.39 is 0 Å². The molecule has 2 N–H and O–H groups in total. The van der Waals surface area contributed by atoms with Gasteiger partial charge in [-0.3, -0.25) is 9.59 Å². The number of primary amides is 1. The number of nitrogens with zero attached hydrogens (tertiary/aromatic N) is 2. The monoisotopic (exact) mass is 283 g/mol. The van der Waals surface area contributed by atoms with Crippen molar-refractivity contribution in [2.75, 3.05) is 39.9 Å². The highest BCUT2D eigenvalue weighted by molar-refractivity contribution is 5.88. The molecule has 2 aliphatic rings. The molecule has 2 rings (SSSR count). The lowest BCUT2D eigenvalue weighted by atomic mass is 10.0.